The first-order chi connectivity index (χ1) is 14.9. The van der Waals surface area contributed by atoms with Crippen molar-refractivity contribution >= 4 is 22.3 Å². The number of nitrogens with one attached hydrogen (secondary N) is 1. The van der Waals surface area contributed by atoms with E-state index >= 15 is 0 Å². The van der Waals surface area contributed by atoms with Gasteiger partial charge in [0.2, 0.25) is 0 Å². The summed E-state index contributed by atoms with van der Waals surface area (Å²) in [4.78, 5) is 4.63. The summed E-state index contributed by atoms with van der Waals surface area (Å²) >= 11 is 0. The molecular formula is C23H22F2N4O2. The number of alkyl halides is 2. The molecule has 160 valence electrons. The number of hydrogen-bond acceptors (Lipinski definition) is 6. The molecule has 2 aliphatic heterocycles. The summed E-state index contributed by atoms with van der Waals surface area (Å²) in [7, 11) is 0. The van der Waals surface area contributed by atoms with Gasteiger partial charge in [-0.3, -0.25) is 4.98 Å². The van der Waals surface area contributed by atoms with Gasteiger partial charge in [-0.15, -0.1) is 5.10 Å². The number of anilines is 1. The maximum Gasteiger partial charge on any atom is 0.310 e. The molecule has 0 fully saturated rings. The van der Waals surface area contributed by atoms with Crippen LogP contribution in [0.25, 0.3) is 16.5 Å². The van der Waals surface area contributed by atoms with Crippen LogP contribution < -0.4 is 10.1 Å². The Bertz CT molecular complexity index is 1200. The summed E-state index contributed by atoms with van der Waals surface area (Å²) in [6.07, 6.45) is 4.74. The Hall–Kier alpha value is -3.13. The Kier molecular flexibility index (Phi) is 4.81. The van der Waals surface area contributed by atoms with Crippen molar-refractivity contribution in [3.63, 3.8) is 0 Å². The van der Waals surface area contributed by atoms with Crippen LogP contribution >= 0.6 is 0 Å². The number of fused-ring (bicyclic) bond motifs is 2. The topological polar surface area (TPSA) is 69.2 Å². The van der Waals surface area contributed by atoms with Crippen molar-refractivity contribution in [2.75, 3.05) is 25.1 Å². The van der Waals surface area contributed by atoms with Crippen molar-refractivity contribution in [3.8, 4) is 5.75 Å². The third kappa shape index (κ3) is 3.50. The van der Waals surface area contributed by atoms with Gasteiger partial charge in [0.1, 0.15) is 5.75 Å². The number of benzene rings is 1. The molecule has 0 saturated carbocycles. The van der Waals surface area contributed by atoms with Gasteiger partial charge in [0.15, 0.2) is 12.4 Å². The van der Waals surface area contributed by atoms with Gasteiger partial charge in [0.05, 0.1) is 36.0 Å². The van der Waals surface area contributed by atoms with Crippen LogP contribution in [0.2, 0.25) is 0 Å². The number of pyridine rings is 1. The van der Waals surface area contributed by atoms with Crippen molar-refractivity contribution in [1.29, 1.82) is 0 Å². The quantitative estimate of drug-likeness (QED) is 0.649. The number of para-hydroxylation sites is 1. The smallest absolute Gasteiger partial charge is 0.310 e. The van der Waals surface area contributed by atoms with Crippen molar-refractivity contribution in [2.45, 2.75) is 32.2 Å². The zero-order valence-electron chi connectivity index (χ0n) is 17.3. The standard InChI is InChI=1S/C23H22F2N4O2/c1-13(17-4-3-5-19-21(17)31-12-23(19,24)25)27-22-18-10-16(15-6-8-30-9-7-15)11-26-20(18)14(2)28-29-22/h3-6,10-11,13H,7-9,12H2,1-2H3,(H,27,29)/t13-/m1/s1. The van der Waals surface area contributed by atoms with Gasteiger partial charge in [-0.25, -0.2) is 0 Å². The summed E-state index contributed by atoms with van der Waals surface area (Å²) in [6, 6.07) is 6.56. The molecule has 8 heteroatoms. The molecule has 2 aromatic heterocycles. The number of aryl methyl sites for hydroxylation is 1. The van der Waals surface area contributed by atoms with Crippen molar-refractivity contribution in [1.82, 2.24) is 15.2 Å². The summed E-state index contributed by atoms with van der Waals surface area (Å²) in [5, 5.41) is 12.7. The lowest BCUT2D eigenvalue weighted by atomic mass is 10.0. The van der Waals surface area contributed by atoms with Crippen LogP contribution in [0.15, 0.2) is 36.5 Å². The first-order valence-corrected chi connectivity index (χ1v) is 10.2. The van der Waals surface area contributed by atoms with Crippen LogP contribution in [0.4, 0.5) is 14.6 Å². The molecule has 0 saturated heterocycles. The van der Waals surface area contributed by atoms with E-state index in [2.05, 4.69) is 32.6 Å². The minimum atomic E-state index is -2.97. The van der Waals surface area contributed by atoms with E-state index in [-0.39, 0.29) is 17.4 Å². The highest BCUT2D eigenvalue weighted by Gasteiger charge is 2.42. The van der Waals surface area contributed by atoms with Crippen molar-refractivity contribution in [2.24, 2.45) is 0 Å². The largest absolute Gasteiger partial charge is 0.486 e. The van der Waals surface area contributed by atoms with Crippen LogP contribution in [0.1, 0.15) is 41.8 Å². The Morgan fingerprint density at radius 2 is 2.10 bits per heavy atom. The molecule has 0 unspecified atom stereocenters. The van der Waals surface area contributed by atoms with Crippen LogP contribution in [-0.2, 0) is 10.7 Å². The second-order valence-electron chi connectivity index (χ2n) is 7.89. The molecule has 5 rings (SSSR count). The fourth-order valence-electron chi connectivity index (χ4n) is 4.10. The second kappa shape index (κ2) is 7.53. The highest BCUT2D eigenvalue weighted by molar-refractivity contribution is 5.92. The maximum atomic E-state index is 14.1. The minimum absolute atomic E-state index is 0.0751. The Labute approximate surface area is 178 Å². The molecule has 0 bridgehead atoms. The fourth-order valence-corrected chi connectivity index (χ4v) is 4.10. The van der Waals surface area contributed by atoms with Crippen LogP contribution in [0.5, 0.6) is 5.75 Å². The number of rotatable bonds is 4. The van der Waals surface area contributed by atoms with Gasteiger partial charge in [-0.05, 0) is 43.5 Å². The van der Waals surface area contributed by atoms with Crippen molar-refractivity contribution < 1.29 is 18.3 Å². The molecule has 0 amide bonds. The predicted octanol–water partition coefficient (Wildman–Crippen LogP) is 4.79. The maximum absolute atomic E-state index is 14.1. The Morgan fingerprint density at radius 3 is 2.90 bits per heavy atom. The van der Waals surface area contributed by atoms with Crippen LogP contribution in [0, 0.1) is 6.92 Å². The summed E-state index contributed by atoms with van der Waals surface area (Å²) in [6.45, 7) is 4.39. The molecule has 6 nitrogen and oxygen atoms in total. The molecule has 1 atom stereocenters. The normalized spacial score (nSPS) is 18.3. The first kappa shape index (κ1) is 19.8. The number of ether oxygens (including phenoxy) is 2. The second-order valence-corrected chi connectivity index (χ2v) is 7.89. The summed E-state index contributed by atoms with van der Waals surface area (Å²) < 4.78 is 38.9. The SMILES string of the molecule is Cc1nnc(N[C@H](C)c2cccc3c2OCC3(F)F)c2cc(C3=CCOCC3)cnc12. The zero-order valence-corrected chi connectivity index (χ0v) is 17.3. The lowest BCUT2D eigenvalue weighted by molar-refractivity contribution is -0.0214. The number of hydrogen-bond donors (Lipinski definition) is 1. The molecule has 31 heavy (non-hydrogen) atoms. The fraction of sp³-hybridized carbons (Fsp3) is 0.348. The summed E-state index contributed by atoms with van der Waals surface area (Å²) in [5.41, 5.74) is 4.26. The monoisotopic (exact) mass is 424 g/mol. The zero-order chi connectivity index (χ0) is 21.6. The van der Waals surface area contributed by atoms with E-state index in [4.69, 9.17) is 9.47 Å². The van der Waals surface area contributed by atoms with Gasteiger partial charge in [0, 0.05) is 17.1 Å². The lowest BCUT2D eigenvalue weighted by Gasteiger charge is -2.19. The van der Waals surface area contributed by atoms with Gasteiger partial charge in [0.25, 0.3) is 0 Å². The third-order valence-electron chi connectivity index (χ3n) is 5.78. The average molecular weight is 424 g/mol. The molecule has 0 aliphatic carbocycles. The van der Waals surface area contributed by atoms with Gasteiger partial charge in [-0.1, -0.05) is 18.2 Å². The molecular weight excluding hydrogens is 402 g/mol. The van der Waals surface area contributed by atoms with Crippen LogP contribution in [0.3, 0.4) is 0 Å². The number of aromatic nitrogens is 3. The minimum Gasteiger partial charge on any atom is -0.486 e. The number of halogens is 2. The third-order valence-corrected chi connectivity index (χ3v) is 5.78. The molecule has 0 radical (unpaired) electrons. The highest BCUT2D eigenvalue weighted by Crippen LogP contribution is 2.45. The average Bonchev–Trinajstić information content (AvgIpc) is 3.11. The molecule has 3 aromatic rings. The van der Waals surface area contributed by atoms with E-state index in [1.54, 1.807) is 12.1 Å². The van der Waals surface area contributed by atoms with E-state index in [0.29, 0.717) is 24.6 Å². The van der Waals surface area contributed by atoms with E-state index in [9.17, 15) is 8.78 Å². The molecule has 0 spiro atoms. The predicted molar refractivity (Wildman–Crippen MR) is 113 cm³/mol. The highest BCUT2D eigenvalue weighted by atomic mass is 19.3. The van der Waals surface area contributed by atoms with Gasteiger partial charge >= 0.3 is 5.92 Å². The Morgan fingerprint density at radius 1 is 1.23 bits per heavy atom. The molecule has 1 aromatic carbocycles. The first-order valence-electron chi connectivity index (χ1n) is 10.2. The van der Waals surface area contributed by atoms with E-state index in [1.165, 1.54) is 11.6 Å². The molecule has 4 heterocycles. The molecule has 1 N–H and O–H groups in total. The molecule has 2 aliphatic rings. The van der Waals surface area contributed by atoms with Crippen LogP contribution in [-0.4, -0.2) is 35.0 Å². The van der Waals surface area contributed by atoms with Crippen molar-refractivity contribution in [3.05, 3.63) is 58.9 Å². The van der Waals surface area contributed by atoms with Gasteiger partial charge < -0.3 is 14.8 Å². The summed E-state index contributed by atoms with van der Waals surface area (Å²) in [5.74, 6) is -2.18. The van der Waals surface area contributed by atoms with E-state index in [1.807, 2.05) is 20.0 Å². The number of nitrogens with zero attached hydrogens (tertiary/aromatic N) is 3. The Balaban J connectivity index is 1.53. The van der Waals surface area contributed by atoms with Gasteiger partial charge in [-0.2, -0.15) is 13.9 Å². The lowest BCUT2D eigenvalue weighted by Crippen LogP contribution is -2.14. The van der Waals surface area contributed by atoms with E-state index in [0.717, 1.165) is 28.6 Å². The van der Waals surface area contributed by atoms with E-state index < -0.39 is 12.5 Å².